The monoisotopic (exact) mass is 364 g/mol. The Morgan fingerprint density at radius 2 is 2.00 bits per heavy atom. The van der Waals surface area contributed by atoms with E-state index in [2.05, 4.69) is 33.9 Å². The standard InChI is InChI=1S/C21H36O3Si/c1-20(2,3)25(4,5)23-13-16-12-18-19-14(8-9-17(19)22)11-15-7-6-10-21(15,16)24-18/h14-16,18-19H,6-13H2,1-5H3/t14?,15-,16?,18+,19?,21+/m0/s1. The molecule has 3 nitrogen and oxygen atoms in total. The molecule has 2 bridgehead atoms. The first-order chi connectivity index (χ1) is 11.6. The summed E-state index contributed by atoms with van der Waals surface area (Å²) in [4.78, 5) is 12.5. The zero-order valence-corrected chi connectivity index (χ0v) is 17.8. The van der Waals surface area contributed by atoms with Crippen molar-refractivity contribution in [3.63, 3.8) is 0 Å². The molecular formula is C21H36O3Si. The Kier molecular flexibility index (Phi) is 4.29. The molecule has 0 amide bonds. The highest BCUT2D eigenvalue weighted by atomic mass is 28.4. The van der Waals surface area contributed by atoms with Crippen LogP contribution in [0.4, 0.5) is 0 Å². The first kappa shape index (κ1) is 18.2. The van der Waals surface area contributed by atoms with Gasteiger partial charge in [0.25, 0.3) is 0 Å². The molecule has 4 aliphatic rings. The number of fused-ring (bicyclic) bond motifs is 3. The fourth-order valence-electron chi connectivity index (χ4n) is 6.02. The molecule has 142 valence electrons. The fraction of sp³-hybridized carbons (Fsp3) is 0.952. The quantitative estimate of drug-likeness (QED) is 0.665. The molecule has 0 N–H and O–H groups in total. The predicted molar refractivity (Wildman–Crippen MR) is 102 cm³/mol. The van der Waals surface area contributed by atoms with Crippen molar-refractivity contribution in [3.05, 3.63) is 0 Å². The topological polar surface area (TPSA) is 35.5 Å². The minimum atomic E-state index is -1.74. The maximum atomic E-state index is 12.5. The average Bonchev–Trinajstić information content (AvgIpc) is 3.14. The van der Waals surface area contributed by atoms with Crippen molar-refractivity contribution in [3.8, 4) is 0 Å². The third kappa shape index (κ3) is 2.78. The summed E-state index contributed by atoms with van der Waals surface area (Å²) in [6.07, 6.45) is 8.13. The predicted octanol–water partition coefficient (Wildman–Crippen LogP) is 4.95. The van der Waals surface area contributed by atoms with Crippen molar-refractivity contribution in [1.82, 2.24) is 0 Å². The van der Waals surface area contributed by atoms with Crippen LogP contribution >= 0.6 is 0 Å². The number of ether oxygens (including phenoxy) is 1. The molecule has 4 fully saturated rings. The van der Waals surface area contributed by atoms with Gasteiger partial charge in [-0.3, -0.25) is 4.79 Å². The summed E-state index contributed by atoms with van der Waals surface area (Å²) >= 11 is 0. The second-order valence-electron chi connectivity index (χ2n) is 10.7. The van der Waals surface area contributed by atoms with Crippen LogP contribution in [-0.4, -0.2) is 32.4 Å². The lowest BCUT2D eigenvalue weighted by Gasteiger charge is -2.41. The minimum absolute atomic E-state index is 0.0254. The normalized spacial score (nSPS) is 43.9. The number of hydrogen-bond donors (Lipinski definition) is 0. The zero-order chi connectivity index (χ0) is 18.0. The highest BCUT2D eigenvalue weighted by Gasteiger charge is 2.62. The molecule has 2 aliphatic carbocycles. The highest BCUT2D eigenvalue weighted by molar-refractivity contribution is 6.74. The molecule has 4 heteroatoms. The van der Waals surface area contributed by atoms with E-state index >= 15 is 0 Å². The SMILES string of the molecule is CC(C)(C)[Si](C)(C)OCC1C[C@H]2O[C@@]13CCC[C@H]3CC1CCC(=O)C12. The molecule has 25 heavy (non-hydrogen) atoms. The van der Waals surface area contributed by atoms with Crippen LogP contribution in [0.15, 0.2) is 0 Å². The van der Waals surface area contributed by atoms with Crippen LogP contribution in [0.3, 0.4) is 0 Å². The second-order valence-corrected chi connectivity index (χ2v) is 15.5. The van der Waals surface area contributed by atoms with E-state index in [-0.39, 0.29) is 22.7 Å². The number of rotatable bonds is 3. The molecule has 2 heterocycles. The molecule has 0 aromatic rings. The molecule has 2 saturated heterocycles. The Bertz CT molecular complexity index is 552. The van der Waals surface area contributed by atoms with Gasteiger partial charge in [-0.1, -0.05) is 27.2 Å². The molecule has 3 unspecified atom stereocenters. The van der Waals surface area contributed by atoms with E-state index in [0.29, 0.717) is 23.5 Å². The van der Waals surface area contributed by atoms with Gasteiger partial charge in [-0.05, 0) is 62.1 Å². The Hall–Kier alpha value is -0.193. The third-order valence-electron chi connectivity index (χ3n) is 8.47. The first-order valence-corrected chi connectivity index (χ1v) is 13.4. The summed E-state index contributed by atoms with van der Waals surface area (Å²) in [5, 5.41) is 0.248. The van der Waals surface area contributed by atoms with Crippen molar-refractivity contribution in [1.29, 1.82) is 0 Å². The van der Waals surface area contributed by atoms with E-state index in [1.165, 1.54) is 25.7 Å². The van der Waals surface area contributed by atoms with Gasteiger partial charge in [0.1, 0.15) is 5.78 Å². The van der Waals surface area contributed by atoms with E-state index in [1.54, 1.807) is 0 Å². The van der Waals surface area contributed by atoms with Crippen LogP contribution in [-0.2, 0) is 14.0 Å². The maximum Gasteiger partial charge on any atom is 0.191 e. The summed E-state index contributed by atoms with van der Waals surface area (Å²) in [6.45, 7) is 12.5. The fourth-order valence-corrected chi connectivity index (χ4v) is 7.07. The lowest BCUT2D eigenvalue weighted by Crippen LogP contribution is -2.46. The zero-order valence-electron chi connectivity index (χ0n) is 16.8. The lowest BCUT2D eigenvalue weighted by molar-refractivity contribution is -0.129. The summed E-state index contributed by atoms with van der Waals surface area (Å²) in [5.74, 6) is 2.43. The lowest BCUT2D eigenvalue weighted by atomic mass is 9.71. The molecule has 0 aromatic heterocycles. The summed E-state index contributed by atoms with van der Waals surface area (Å²) in [5.41, 5.74) is 0.0254. The Balaban J connectivity index is 1.55. The Morgan fingerprint density at radius 1 is 1.24 bits per heavy atom. The van der Waals surface area contributed by atoms with Gasteiger partial charge in [0, 0.05) is 24.9 Å². The molecule has 2 aliphatic heterocycles. The van der Waals surface area contributed by atoms with Gasteiger partial charge < -0.3 is 9.16 Å². The minimum Gasteiger partial charge on any atom is -0.416 e. The summed E-state index contributed by atoms with van der Waals surface area (Å²) < 4.78 is 13.4. The van der Waals surface area contributed by atoms with Crippen LogP contribution < -0.4 is 0 Å². The molecule has 0 radical (unpaired) electrons. The van der Waals surface area contributed by atoms with E-state index in [9.17, 15) is 4.79 Å². The van der Waals surface area contributed by atoms with E-state index in [0.717, 1.165) is 25.9 Å². The number of ketones is 1. The Morgan fingerprint density at radius 3 is 2.72 bits per heavy atom. The maximum absolute atomic E-state index is 12.5. The summed E-state index contributed by atoms with van der Waals surface area (Å²) in [7, 11) is -1.74. The van der Waals surface area contributed by atoms with E-state index < -0.39 is 8.32 Å². The molecule has 6 atom stereocenters. The second kappa shape index (κ2) is 5.90. The smallest absolute Gasteiger partial charge is 0.191 e. The van der Waals surface area contributed by atoms with Gasteiger partial charge in [0.05, 0.1) is 11.7 Å². The largest absolute Gasteiger partial charge is 0.416 e. The molecule has 0 aromatic carbocycles. The van der Waals surface area contributed by atoms with Crippen molar-refractivity contribution >= 4 is 14.1 Å². The molecule has 4 rings (SSSR count). The van der Waals surface area contributed by atoms with Gasteiger partial charge in [-0.2, -0.15) is 0 Å². The van der Waals surface area contributed by atoms with Crippen molar-refractivity contribution in [2.24, 2.45) is 23.7 Å². The van der Waals surface area contributed by atoms with Gasteiger partial charge in [0.15, 0.2) is 8.32 Å². The van der Waals surface area contributed by atoms with Crippen LogP contribution in [0, 0.1) is 23.7 Å². The third-order valence-corrected chi connectivity index (χ3v) is 13.0. The summed E-state index contributed by atoms with van der Waals surface area (Å²) in [6, 6.07) is 0. The number of hydrogen-bond acceptors (Lipinski definition) is 3. The van der Waals surface area contributed by atoms with Crippen LogP contribution in [0.5, 0.6) is 0 Å². The van der Waals surface area contributed by atoms with E-state index in [4.69, 9.17) is 9.16 Å². The van der Waals surface area contributed by atoms with Crippen LogP contribution in [0.1, 0.15) is 65.7 Å². The number of carbonyl (C=O) groups is 1. The molecule has 1 spiro atoms. The average molecular weight is 365 g/mol. The van der Waals surface area contributed by atoms with Crippen molar-refractivity contribution < 1.29 is 14.0 Å². The highest BCUT2D eigenvalue weighted by Crippen LogP contribution is 2.59. The van der Waals surface area contributed by atoms with Crippen LogP contribution in [0.25, 0.3) is 0 Å². The molecule has 2 saturated carbocycles. The van der Waals surface area contributed by atoms with Gasteiger partial charge in [-0.15, -0.1) is 0 Å². The number of Topliss-reactive ketones (excluding diaryl/α,β-unsaturated/α-hetero) is 1. The molecular weight excluding hydrogens is 328 g/mol. The Labute approximate surface area is 154 Å². The van der Waals surface area contributed by atoms with Crippen molar-refractivity contribution in [2.45, 2.75) is 95.6 Å². The van der Waals surface area contributed by atoms with E-state index in [1.807, 2.05) is 0 Å². The first-order valence-electron chi connectivity index (χ1n) is 10.5. The van der Waals surface area contributed by atoms with Crippen molar-refractivity contribution in [2.75, 3.05) is 6.61 Å². The van der Waals surface area contributed by atoms with Gasteiger partial charge >= 0.3 is 0 Å². The van der Waals surface area contributed by atoms with Crippen LogP contribution in [0.2, 0.25) is 18.1 Å². The van der Waals surface area contributed by atoms with Gasteiger partial charge in [-0.25, -0.2) is 0 Å². The number of carbonyl (C=O) groups excluding carboxylic acids is 1. The van der Waals surface area contributed by atoms with Gasteiger partial charge in [0.2, 0.25) is 0 Å².